The molecule has 1 unspecified atom stereocenters. The molecule has 0 aliphatic heterocycles. The van der Waals surface area contributed by atoms with E-state index in [1.807, 2.05) is 6.08 Å². The Morgan fingerprint density at radius 3 is 0.873 bits per heavy atom. The second kappa shape index (κ2) is 66.3. The van der Waals surface area contributed by atoms with Gasteiger partial charge in [0.1, 0.15) is 13.2 Å². The van der Waals surface area contributed by atoms with E-state index >= 15 is 0 Å². The predicted octanol–water partition coefficient (Wildman–Crippen LogP) is 22.8. The zero-order valence-corrected chi connectivity index (χ0v) is 51.6. The van der Waals surface area contributed by atoms with Crippen molar-refractivity contribution in [3.8, 4) is 0 Å². The Kier molecular flexibility index (Phi) is 62.8. The summed E-state index contributed by atoms with van der Waals surface area (Å²) in [5, 5.41) is 0. The van der Waals surface area contributed by atoms with E-state index < -0.39 is 18.0 Å². The number of esters is 3. The molecule has 0 N–H and O–H groups in total. The summed E-state index contributed by atoms with van der Waals surface area (Å²) in [5.41, 5.74) is 0. The van der Waals surface area contributed by atoms with Crippen LogP contribution in [0, 0.1) is 0 Å². The van der Waals surface area contributed by atoms with Gasteiger partial charge in [-0.1, -0.05) is 322 Å². The topological polar surface area (TPSA) is 78.9 Å². The molecule has 0 aromatic carbocycles. The number of unbranched alkanes of at least 4 members (excludes halogenated alkanes) is 29. The molecule has 6 nitrogen and oxygen atoms in total. The first-order chi connectivity index (χ1) is 39.0. The van der Waals surface area contributed by atoms with E-state index in [-0.39, 0.29) is 32.0 Å². The fourth-order valence-electron chi connectivity index (χ4n) is 9.14. The van der Waals surface area contributed by atoms with Crippen LogP contribution < -0.4 is 0 Å². The lowest BCUT2D eigenvalue weighted by molar-refractivity contribution is -0.166. The summed E-state index contributed by atoms with van der Waals surface area (Å²) in [7, 11) is 0. The molecule has 0 amide bonds. The lowest BCUT2D eigenvalue weighted by atomic mass is 10.0. The summed E-state index contributed by atoms with van der Waals surface area (Å²) in [4.78, 5) is 38.2. The van der Waals surface area contributed by atoms with Gasteiger partial charge in [0.15, 0.2) is 6.10 Å². The molecule has 0 aromatic rings. The minimum atomic E-state index is -0.851. The van der Waals surface area contributed by atoms with Crippen molar-refractivity contribution in [2.75, 3.05) is 13.2 Å². The summed E-state index contributed by atoms with van der Waals surface area (Å²) < 4.78 is 16.8. The van der Waals surface area contributed by atoms with Gasteiger partial charge in [-0.15, -0.1) is 0 Å². The van der Waals surface area contributed by atoms with Crippen molar-refractivity contribution in [1.82, 2.24) is 0 Å². The van der Waals surface area contributed by atoms with E-state index in [0.717, 1.165) is 89.9 Å². The molecule has 0 aromatic heterocycles. The van der Waals surface area contributed by atoms with Gasteiger partial charge < -0.3 is 14.2 Å². The average molecular weight is 1100 g/mol. The van der Waals surface area contributed by atoms with Gasteiger partial charge in [0, 0.05) is 12.8 Å². The summed E-state index contributed by atoms with van der Waals surface area (Å²) in [6, 6.07) is 0. The largest absolute Gasteiger partial charge is 0.462 e. The number of carbonyl (C=O) groups excluding carboxylic acids is 3. The molecule has 450 valence electrons. The molecule has 0 spiro atoms. The Morgan fingerprint density at radius 1 is 0.278 bits per heavy atom. The number of carbonyl (C=O) groups is 3. The van der Waals surface area contributed by atoms with Crippen molar-refractivity contribution in [2.45, 2.75) is 309 Å². The first kappa shape index (κ1) is 74.8. The second-order valence-electron chi connectivity index (χ2n) is 21.6. The zero-order valence-electron chi connectivity index (χ0n) is 51.6. The van der Waals surface area contributed by atoms with E-state index in [4.69, 9.17) is 14.2 Å². The lowest BCUT2D eigenvalue weighted by Gasteiger charge is -2.18. The van der Waals surface area contributed by atoms with Gasteiger partial charge in [0.2, 0.25) is 0 Å². The Labute approximate surface area is 488 Å². The van der Waals surface area contributed by atoms with Crippen LogP contribution in [-0.2, 0) is 28.6 Å². The number of hydrogen-bond donors (Lipinski definition) is 0. The third-order valence-electron chi connectivity index (χ3n) is 14.0. The molecule has 0 aliphatic carbocycles. The minimum Gasteiger partial charge on any atom is -0.462 e. The Morgan fingerprint density at radius 2 is 0.544 bits per heavy atom. The highest BCUT2D eigenvalue weighted by Gasteiger charge is 2.19. The summed E-state index contributed by atoms with van der Waals surface area (Å²) >= 11 is 0. The molecule has 0 aliphatic rings. The molecule has 0 saturated heterocycles. The van der Waals surface area contributed by atoms with Gasteiger partial charge in [-0.25, -0.2) is 0 Å². The van der Waals surface area contributed by atoms with Crippen molar-refractivity contribution in [3.05, 3.63) is 122 Å². The van der Waals surface area contributed by atoms with E-state index in [0.29, 0.717) is 12.8 Å². The fourth-order valence-corrected chi connectivity index (χ4v) is 9.14. The van der Waals surface area contributed by atoms with Crippen LogP contribution in [0.3, 0.4) is 0 Å². The minimum absolute atomic E-state index is 0.112. The molecule has 0 radical (unpaired) electrons. The first-order valence-electron chi connectivity index (χ1n) is 33.0. The van der Waals surface area contributed by atoms with Gasteiger partial charge in [0.25, 0.3) is 0 Å². The van der Waals surface area contributed by atoms with Crippen molar-refractivity contribution < 1.29 is 28.6 Å². The maximum atomic E-state index is 12.9. The highest BCUT2D eigenvalue weighted by Crippen LogP contribution is 2.17. The summed E-state index contributed by atoms with van der Waals surface area (Å²) in [6.45, 7) is 6.30. The van der Waals surface area contributed by atoms with E-state index in [9.17, 15) is 14.4 Å². The SMILES string of the molecule is CC/C=C\C/C=C\C/C=C\C/C=C\C/C=C\CCCC(=O)OC(COC(=O)C/C=C\C/C=C\C/C=C\C/C=C\C/C=C\CC)COC(=O)CCCCCCCCCCCCCCCCCCCCCCCCCCCCCCC. The molecule has 6 heteroatoms. The molecule has 79 heavy (non-hydrogen) atoms. The third-order valence-corrected chi connectivity index (χ3v) is 14.0. The van der Waals surface area contributed by atoms with Crippen LogP contribution >= 0.6 is 0 Å². The highest BCUT2D eigenvalue weighted by molar-refractivity contribution is 5.72. The van der Waals surface area contributed by atoms with Gasteiger partial charge in [-0.05, 0) is 83.5 Å². The Balaban J connectivity index is 4.35. The molecular weight excluding hydrogens is 973 g/mol. The summed E-state index contributed by atoms with van der Waals surface area (Å²) in [6.07, 6.45) is 92.7. The average Bonchev–Trinajstić information content (AvgIpc) is 3.45. The van der Waals surface area contributed by atoms with Crippen LogP contribution in [0.5, 0.6) is 0 Å². The number of hydrogen-bond acceptors (Lipinski definition) is 6. The lowest BCUT2D eigenvalue weighted by Crippen LogP contribution is -2.30. The van der Waals surface area contributed by atoms with E-state index in [1.165, 1.54) is 167 Å². The van der Waals surface area contributed by atoms with Crippen LogP contribution in [0.4, 0.5) is 0 Å². The summed E-state index contributed by atoms with van der Waals surface area (Å²) in [5.74, 6) is -1.12. The number of allylic oxidation sites excluding steroid dienone is 19. The quantitative estimate of drug-likeness (QED) is 0.0261. The monoisotopic (exact) mass is 1090 g/mol. The maximum absolute atomic E-state index is 12.9. The fraction of sp³-hybridized carbons (Fsp3) is 0.685. The van der Waals surface area contributed by atoms with Crippen LogP contribution in [0.15, 0.2) is 122 Å². The second-order valence-corrected chi connectivity index (χ2v) is 21.6. The van der Waals surface area contributed by atoms with Gasteiger partial charge in [-0.3, -0.25) is 14.4 Å². The van der Waals surface area contributed by atoms with Crippen molar-refractivity contribution in [1.29, 1.82) is 0 Å². The standard InChI is InChI=1S/C73H122O6/c1-4-7-10-13-16-19-22-25-28-30-31-32-33-34-35-36-37-38-39-40-41-43-45-48-51-54-57-60-63-66-72(75)78-69-70(68-77-71(74)65-62-59-56-53-50-47-44-27-24-21-18-15-12-9-6-3)79-73(76)67-64-61-58-55-52-49-46-42-29-26-23-20-17-14-11-8-5-2/h8-9,11-12,17-18,20-21,26-27,29,44,46,49-50,53,55,58-59,62,70H,4-7,10,13-16,19,22-25,28,30-43,45,47-48,51-52,54,56-57,60-61,63-69H2,1-3H3/b11-8-,12-9-,20-17-,21-18-,29-26-,44-27-,49-46-,53-50-,58-55-,62-59-. The third kappa shape index (κ3) is 64.5. The number of rotatable bonds is 59. The molecule has 0 bridgehead atoms. The van der Waals surface area contributed by atoms with Gasteiger partial charge in [-0.2, -0.15) is 0 Å². The van der Waals surface area contributed by atoms with Crippen LogP contribution in [-0.4, -0.2) is 37.2 Å². The van der Waals surface area contributed by atoms with Crippen LogP contribution in [0.25, 0.3) is 0 Å². The van der Waals surface area contributed by atoms with E-state index in [1.54, 1.807) is 6.08 Å². The molecular formula is C73H122O6. The molecule has 0 heterocycles. The highest BCUT2D eigenvalue weighted by atomic mass is 16.6. The van der Waals surface area contributed by atoms with Crippen LogP contribution in [0.1, 0.15) is 303 Å². The molecule has 0 rings (SSSR count). The zero-order chi connectivity index (χ0) is 57.1. The van der Waals surface area contributed by atoms with Crippen molar-refractivity contribution in [3.63, 3.8) is 0 Å². The van der Waals surface area contributed by atoms with Gasteiger partial charge >= 0.3 is 17.9 Å². The molecule has 1 atom stereocenters. The van der Waals surface area contributed by atoms with Crippen molar-refractivity contribution in [2.24, 2.45) is 0 Å². The Hall–Kier alpha value is -4.19. The first-order valence-corrected chi connectivity index (χ1v) is 33.0. The van der Waals surface area contributed by atoms with E-state index in [2.05, 4.69) is 130 Å². The molecule has 0 fully saturated rings. The maximum Gasteiger partial charge on any atom is 0.309 e. The molecule has 0 saturated carbocycles. The predicted molar refractivity (Wildman–Crippen MR) is 343 cm³/mol. The van der Waals surface area contributed by atoms with Crippen molar-refractivity contribution >= 4 is 17.9 Å². The van der Waals surface area contributed by atoms with Gasteiger partial charge in [0.05, 0.1) is 6.42 Å². The van der Waals surface area contributed by atoms with Crippen LogP contribution in [0.2, 0.25) is 0 Å². The smallest absolute Gasteiger partial charge is 0.309 e. The number of ether oxygens (including phenoxy) is 3. The Bertz CT molecular complexity index is 1640. The normalized spacial score (nSPS) is 12.9.